The molecule has 0 aliphatic rings. The molecule has 2 nitrogen and oxygen atoms in total. The number of rotatable bonds is 2. The van der Waals surface area contributed by atoms with Crippen molar-refractivity contribution in [1.29, 1.82) is 0 Å². The van der Waals surface area contributed by atoms with Crippen LogP contribution in [0.1, 0.15) is 15.9 Å². The minimum Gasteiger partial charge on any atom is -0.352 e. The molecular formula is C16H11F2NO. The second-order valence-corrected chi connectivity index (χ2v) is 4.71. The van der Waals surface area contributed by atoms with Gasteiger partial charge in [0.05, 0.1) is 11.2 Å². The summed E-state index contributed by atoms with van der Waals surface area (Å²) in [6.45, 7) is 1.76. The zero-order valence-electron chi connectivity index (χ0n) is 10.7. The number of carbonyl (C=O) groups excluding carboxylic acids is 1. The van der Waals surface area contributed by atoms with Gasteiger partial charge in [-0.05, 0) is 36.8 Å². The van der Waals surface area contributed by atoms with Gasteiger partial charge in [-0.1, -0.05) is 12.1 Å². The summed E-state index contributed by atoms with van der Waals surface area (Å²) in [5, 5.41) is 0.511. The first kappa shape index (κ1) is 12.5. The normalized spacial score (nSPS) is 10.9. The maximum atomic E-state index is 14.0. The largest absolute Gasteiger partial charge is 0.352 e. The third-order valence-corrected chi connectivity index (χ3v) is 3.28. The van der Waals surface area contributed by atoms with Crippen molar-refractivity contribution in [1.82, 2.24) is 4.98 Å². The SMILES string of the molecule is Cc1cc(F)c2[nH]c(-c3cccc(F)c3)c(C=O)c2c1. The van der Waals surface area contributed by atoms with E-state index >= 15 is 0 Å². The number of hydrogen-bond acceptors (Lipinski definition) is 1. The number of halogens is 2. The van der Waals surface area contributed by atoms with Crippen molar-refractivity contribution < 1.29 is 13.6 Å². The fourth-order valence-corrected chi connectivity index (χ4v) is 2.40. The van der Waals surface area contributed by atoms with E-state index in [0.29, 0.717) is 28.5 Å². The highest BCUT2D eigenvalue weighted by atomic mass is 19.1. The van der Waals surface area contributed by atoms with Crippen LogP contribution in [-0.2, 0) is 0 Å². The molecule has 3 aromatic rings. The predicted octanol–water partition coefficient (Wildman–Crippen LogP) is 4.23. The van der Waals surface area contributed by atoms with Crippen LogP contribution in [0.4, 0.5) is 8.78 Å². The van der Waals surface area contributed by atoms with Gasteiger partial charge in [0.2, 0.25) is 0 Å². The quantitative estimate of drug-likeness (QED) is 0.695. The first-order valence-corrected chi connectivity index (χ1v) is 6.13. The Bertz CT molecular complexity index is 821. The Morgan fingerprint density at radius 2 is 1.95 bits per heavy atom. The van der Waals surface area contributed by atoms with Crippen molar-refractivity contribution in [2.45, 2.75) is 6.92 Å². The van der Waals surface area contributed by atoms with E-state index in [9.17, 15) is 13.6 Å². The number of aromatic nitrogens is 1. The van der Waals surface area contributed by atoms with Gasteiger partial charge in [-0.3, -0.25) is 4.79 Å². The second kappa shape index (κ2) is 4.56. The highest BCUT2D eigenvalue weighted by Gasteiger charge is 2.16. The van der Waals surface area contributed by atoms with Crippen LogP contribution in [0.5, 0.6) is 0 Å². The molecule has 0 saturated heterocycles. The zero-order chi connectivity index (χ0) is 14.3. The molecule has 0 saturated carbocycles. The molecule has 1 N–H and O–H groups in total. The third kappa shape index (κ3) is 1.90. The molecule has 0 aliphatic heterocycles. The molecule has 0 bridgehead atoms. The first-order valence-electron chi connectivity index (χ1n) is 6.13. The van der Waals surface area contributed by atoms with E-state index in [1.54, 1.807) is 25.1 Å². The van der Waals surface area contributed by atoms with Crippen LogP contribution in [0.3, 0.4) is 0 Å². The highest BCUT2D eigenvalue weighted by molar-refractivity contribution is 6.04. The molecule has 0 radical (unpaired) electrons. The first-order chi connectivity index (χ1) is 9.60. The van der Waals surface area contributed by atoms with Gasteiger partial charge in [0.25, 0.3) is 0 Å². The Balaban J connectivity index is 2.37. The van der Waals surface area contributed by atoms with Crippen molar-refractivity contribution in [3.8, 4) is 11.3 Å². The summed E-state index contributed by atoms with van der Waals surface area (Å²) in [7, 11) is 0. The summed E-state index contributed by atoms with van der Waals surface area (Å²) >= 11 is 0. The smallest absolute Gasteiger partial charge is 0.152 e. The third-order valence-electron chi connectivity index (χ3n) is 3.28. The maximum Gasteiger partial charge on any atom is 0.152 e. The van der Waals surface area contributed by atoms with Gasteiger partial charge in [0.15, 0.2) is 6.29 Å². The molecule has 100 valence electrons. The standard InChI is InChI=1S/C16H11F2NO/c1-9-5-12-13(8-20)15(19-16(12)14(18)6-9)10-3-2-4-11(17)7-10/h2-8,19H,1H3. The number of nitrogens with one attached hydrogen (secondary N) is 1. The lowest BCUT2D eigenvalue weighted by Crippen LogP contribution is -1.85. The van der Waals surface area contributed by atoms with Crippen molar-refractivity contribution >= 4 is 17.2 Å². The molecule has 4 heteroatoms. The molecule has 0 spiro atoms. The van der Waals surface area contributed by atoms with Gasteiger partial charge in [0.1, 0.15) is 11.6 Å². The lowest BCUT2D eigenvalue weighted by atomic mass is 10.0. The highest BCUT2D eigenvalue weighted by Crippen LogP contribution is 2.31. The topological polar surface area (TPSA) is 32.9 Å². The molecule has 1 aromatic heterocycles. The lowest BCUT2D eigenvalue weighted by Gasteiger charge is -1.99. The van der Waals surface area contributed by atoms with E-state index in [0.717, 1.165) is 5.56 Å². The average molecular weight is 271 g/mol. The van der Waals surface area contributed by atoms with Crippen LogP contribution in [0, 0.1) is 18.6 Å². The number of aromatic amines is 1. The molecule has 1 heterocycles. The van der Waals surface area contributed by atoms with E-state index < -0.39 is 11.6 Å². The molecule has 0 atom stereocenters. The molecule has 0 aliphatic carbocycles. The molecule has 0 amide bonds. The molecule has 0 unspecified atom stereocenters. The Morgan fingerprint density at radius 1 is 1.15 bits per heavy atom. The molecular weight excluding hydrogens is 260 g/mol. The van der Waals surface area contributed by atoms with Gasteiger partial charge in [-0.25, -0.2) is 8.78 Å². The fraction of sp³-hybridized carbons (Fsp3) is 0.0625. The Labute approximate surface area is 114 Å². The van der Waals surface area contributed by atoms with Crippen LogP contribution in [-0.4, -0.2) is 11.3 Å². The number of carbonyl (C=O) groups is 1. The van der Waals surface area contributed by atoms with Crippen LogP contribution >= 0.6 is 0 Å². The van der Waals surface area contributed by atoms with E-state index in [2.05, 4.69) is 4.98 Å². The van der Waals surface area contributed by atoms with Crippen molar-refractivity contribution in [3.05, 3.63) is 59.2 Å². The van der Waals surface area contributed by atoms with Crippen LogP contribution in [0.2, 0.25) is 0 Å². The number of H-pyrrole nitrogens is 1. The number of aldehydes is 1. The summed E-state index contributed by atoms with van der Waals surface area (Å²) in [5.74, 6) is -0.833. The second-order valence-electron chi connectivity index (χ2n) is 4.71. The Hall–Kier alpha value is -2.49. The summed E-state index contributed by atoms with van der Waals surface area (Å²) < 4.78 is 27.3. The van der Waals surface area contributed by atoms with Gasteiger partial charge >= 0.3 is 0 Å². The Kier molecular flexibility index (Phi) is 2.86. The van der Waals surface area contributed by atoms with Crippen molar-refractivity contribution in [3.63, 3.8) is 0 Å². The molecule has 2 aromatic carbocycles. The van der Waals surface area contributed by atoms with Crippen LogP contribution < -0.4 is 0 Å². The van der Waals surface area contributed by atoms with E-state index in [4.69, 9.17) is 0 Å². The van der Waals surface area contributed by atoms with Crippen molar-refractivity contribution in [2.75, 3.05) is 0 Å². The number of benzene rings is 2. The predicted molar refractivity (Wildman–Crippen MR) is 73.8 cm³/mol. The monoisotopic (exact) mass is 271 g/mol. The van der Waals surface area contributed by atoms with E-state index in [-0.39, 0.29) is 5.52 Å². The van der Waals surface area contributed by atoms with Gasteiger partial charge in [-0.15, -0.1) is 0 Å². The maximum absolute atomic E-state index is 14.0. The molecule has 0 fully saturated rings. The Morgan fingerprint density at radius 3 is 2.65 bits per heavy atom. The van der Waals surface area contributed by atoms with Crippen LogP contribution in [0.25, 0.3) is 22.2 Å². The molecule has 3 rings (SSSR count). The minimum atomic E-state index is -0.425. The van der Waals surface area contributed by atoms with Gasteiger partial charge in [-0.2, -0.15) is 0 Å². The summed E-state index contributed by atoms with van der Waals surface area (Å²) in [5.41, 5.74) is 2.27. The average Bonchev–Trinajstić information content (AvgIpc) is 2.77. The summed E-state index contributed by atoms with van der Waals surface area (Å²) in [6, 6.07) is 8.97. The van der Waals surface area contributed by atoms with Gasteiger partial charge < -0.3 is 4.98 Å². The lowest BCUT2D eigenvalue weighted by molar-refractivity contribution is 0.112. The van der Waals surface area contributed by atoms with Crippen molar-refractivity contribution in [2.24, 2.45) is 0 Å². The molecule has 20 heavy (non-hydrogen) atoms. The minimum absolute atomic E-state index is 0.261. The van der Waals surface area contributed by atoms with Crippen LogP contribution in [0.15, 0.2) is 36.4 Å². The zero-order valence-corrected chi connectivity index (χ0v) is 10.7. The summed E-state index contributed by atoms with van der Waals surface area (Å²) in [4.78, 5) is 14.2. The number of hydrogen-bond donors (Lipinski definition) is 1. The fourth-order valence-electron chi connectivity index (χ4n) is 2.40. The van der Waals surface area contributed by atoms with E-state index in [1.165, 1.54) is 18.2 Å². The number of fused-ring (bicyclic) bond motifs is 1. The summed E-state index contributed by atoms with van der Waals surface area (Å²) in [6.07, 6.45) is 0.665. The van der Waals surface area contributed by atoms with Gasteiger partial charge in [0, 0.05) is 16.5 Å². The van der Waals surface area contributed by atoms with E-state index in [1.807, 2.05) is 0 Å². The number of aryl methyl sites for hydroxylation is 1.